The molecule has 1 amide bonds. The van der Waals surface area contributed by atoms with Crippen LogP contribution in [0.1, 0.15) is 51.9 Å². The number of carbonyl (C=O) groups excluding carboxylic acids is 2. The molecule has 0 aliphatic heterocycles. The molecule has 0 radical (unpaired) electrons. The van der Waals surface area contributed by atoms with Crippen molar-refractivity contribution < 1.29 is 31.2 Å². The predicted octanol–water partition coefficient (Wildman–Crippen LogP) is 4.95. The SMILES string of the molecule is CC(=O)c1ccc(C(=O)NS(=O)(=O)c2ccc(-n3nc(C(F)(F)F)cc3C3=CCCC=C3)cc2)cc1. The number of amides is 1. The van der Waals surface area contributed by atoms with Gasteiger partial charge in [0.2, 0.25) is 0 Å². The van der Waals surface area contributed by atoms with Crippen molar-refractivity contribution in [1.82, 2.24) is 14.5 Å². The van der Waals surface area contributed by atoms with Gasteiger partial charge in [-0.3, -0.25) is 9.59 Å². The van der Waals surface area contributed by atoms with Crippen molar-refractivity contribution in [1.29, 1.82) is 0 Å². The maximum atomic E-state index is 13.4. The van der Waals surface area contributed by atoms with Gasteiger partial charge < -0.3 is 0 Å². The lowest BCUT2D eigenvalue weighted by molar-refractivity contribution is -0.141. The number of nitrogens with one attached hydrogen (secondary N) is 1. The lowest BCUT2D eigenvalue weighted by atomic mass is 10.0. The summed E-state index contributed by atoms with van der Waals surface area (Å²) >= 11 is 0. The van der Waals surface area contributed by atoms with Crippen LogP contribution < -0.4 is 4.72 Å². The first-order chi connectivity index (χ1) is 17.0. The van der Waals surface area contributed by atoms with E-state index in [9.17, 15) is 31.2 Å². The number of ketones is 1. The summed E-state index contributed by atoms with van der Waals surface area (Å²) in [6.07, 6.45) is 2.18. The van der Waals surface area contributed by atoms with E-state index in [1.807, 2.05) is 16.9 Å². The van der Waals surface area contributed by atoms with E-state index in [1.165, 1.54) is 55.5 Å². The predicted molar refractivity (Wildman–Crippen MR) is 126 cm³/mol. The second-order valence-corrected chi connectivity index (χ2v) is 9.71. The molecular formula is C25H20F3N3O4S. The lowest BCUT2D eigenvalue weighted by Crippen LogP contribution is -2.30. The standard InChI is InChI=1S/C25H20F3N3O4S/c1-16(32)17-7-9-19(10-8-17)24(33)30-36(34,35)21-13-11-20(12-14-21)31-22(18-5-3-2-4-6-18)15-23(29-31)25(26,27)28/h3,5-15H,2,4H2,1H3,(H,30,33). The number of alkyl halides is 3. The summed E-state index contributed by atoms with van der Waals surface area (Å²) in [6, 6.07) is 11.4. The molecule has 7 nitrogen and oxygen atoms in total. The summed E-state index contributed by atoms with van der Waals surface area (Å²) in [5, 5.41) is 3.70. The number of benzene rings is 2. The minimum absolute atomic E-state index is 0.0369. The van der Waals surface area contributed by atoms with Crippen LogP contribution >= 0.6 is 0 Å². The van der Waals surface area contributed by atoms with Gasteiger partial charge in [0, 0.05) is 11.1 Å². The van der Waals surface area contributed by atoms with E-state index in [0.717, 1.165) is 17.2 Å². The first-order valence-corrected chi connectivity index (χ1v) is 12.3. The highest BCUT2D eigenvalue weighted by Crippen LogP contribution is 2.33. The van der Waals surface area contributed by atoms with Crippen molar-refractivity contribution in [2.45, 2.75) is 30.8 Å². The number of hydrogen-bond donors (Lipinski definition) is 1. The summed E-state index contributed by atoms with van der Waals surface area (Å²) in [4.78, 5) is 23.5. The number of rotatable bonds is 6. The molecular weight excluding hydrogens is 495 g/mol. The van der Waals surface area contributed by atoms with Crippen LogP contribution in [-0.4, -0.2) is 29.9 Å². The van der Waals surface area contributed by atoms with Crippen molar-refractivity contribution in [3.05, 3.63) is 95.3 Å². The number of halogens is 3. The molecule has 0 spiro atoms. The molecule has 0 fully saturated rings. The Morgan fingerprint density at radius 3 is 2.17 bits per heavy atom. The van der Waals surface area contributed by atoms with Crippen LogP contribution in [-0.2, 0) is 16.2 Å². The monoisotopic (exact) mass is 515 g/mol. The molecule has 3 aromatic rings. The van der Waals surface area contributed by atoms with E-state index < -0.39 is 27.8 Å². The Bertz CT molecular complexity index is 1480. The molecule has 186 valence electrons. The first kappa shape index (κ1) is 25.1. The van der Waals surface area contributed by atoms with Crippen LogP contribution in [0, 0.1) is 0 Å². The molecule has 0 atom stereocenters. The Morgan fingerprint density at radius 1 is 0.972 bits per heavy atom. The van der Waals surface area contributed by atoms with E-state index >= 15 is 0 Å². The second-order valence-electron chi connectivity index (χ2n) is 8.03. The van der Waals surface area contributed by atoms with E-state index in [-0.39, 0.29) is 27.6 Å². The van der Waals surface area contributed by atoms with Crippen LogP contribution in [0.15, 0.2) is 77.7 Å². The fourth-order valence-electron chi connectivity index (χ4n) is 3.59. The van der Waals surface area contributed by atoms with Crippen LogP contribution in [0.2, 0.25) is 0 Å². The third kappa shape index (κ3) is 5.30. The summed E-state index contributed by atoms with van der Waals surface area (Å²) in [5.41, 5.74) is 0.341. The van der Waals surface area contributed by atoms with Gasteiger partial charge in [-0.05, 0) is 67.8 Å². The third-order valence-corrected chi connectivity index (χ3v) is 6.81. The average Bonchev–Trinajstić information content (AvgIpc) is 3.31. The molecule has 0 saturated heterocycles. The minimum Gasteiger partial charge on any atom is -0.295 e. The zero-order chi connectivity index (χ0) is 26.1. The molecule has 1 aliphatic carbocycles. The molecule has 1 aliphatic rings. The van der Waals surface area contributed by atoms with Gasteiger partial charge in [0.15, 0.2) is 11.5 Å². The molecule has 1 N–H and O–H groups in total. The minimum atomic E-state index is -4.66. The van der Waals surface area contributed by atoms with E-state index in [4.69, 9.17) is 0 Å². The Morgan fingerprint density at radius 2 is 1.61 bits per heavy atom. The number of carbonyl (C=O) groups is 2. The number of sulfonamides is 1. The van der Waals surface area contributed by atoms with Crippen LogP contribution in [0.4, 0.5) is 13.2 Å². The molecule has 11 heteroatoms. The molecule has 4 rings (SSSR count). The lowest BCUT2D eigenvalue weighted by Gasteiger charge is -2.12. The quantitative estimate of drug-likeness (QED) is 0.469. The topological polar surface area (TPSA) is 98.1 Å². The molecule has 36 heavy (non-hydrogen) atoms. The van der Waals surface area contributed by atoms with Crippen molar-refractivity contribution in [3.63, 3.8) is 0 Å². The maximum absolute atomic E-state index is 13.4. The second kappa shape index (κ2) is 9.57. The third-order valence-electron chi connectivity index (χ3n) is 5.46. The highest BCUT2D eigenvalue weighted by Gasteiger charge is 2.35. The first-order valence-electron chi connectivity index (χ1n) is 10.8. The molecule has 0 bridgehead atoms. The van der Waals surface area contributed by atoms with Gasteiger partial charge >= 0.3 is 6.18 Å². The zero-order valence-electron chi connectivity index (χ0n) is 18.9. The molecule has 2 aromatic carbocycles. The average molecular weight is 516 g/mol. The number of aromatic nitrogens is 2. The Balaban J connectivity index is 1.61. The molecule has 0 unspecified atom stereocenters. The van der Waals surface area contributed by atoms with E-state index in [1.54, 1.807) is 6.08 Å². The fraction of sp³-hybridized carbons (Fsp3) is 0.160. The maximum Gasteiger partial charge on any atom is 0.435 e. The van der Waals surface area contributed by atoms with Crippen molar-refractivity contribution in [3.8, 4) is 5.69 Å². The molecule has 1 heterocycles. The van der Waals surface area contributed by atoms with Gasteiger partial charge in [-0.1, -0.05) is 30.4 Å². The smallest absolute Gasteiger partial charge is 0.295 e. The fourth-order valence-corrected chi connectivity index (χ4v) is 4.56. The molecule has 0 saturated carbocycles. The van der Waals surface area contributed by atoms with Crippen molar-refractivity contribution >= 4 is 27.3 Å². The number of allylic oxidation sites excluding steroid dienone is 4. The normalized spacial score (nSPS) is 13.8. The van der Waals surface area contributed by atoms with Gasteiger partial charge in [-0.15, -0.1) is 0 Å². The number of hydrogen-bond acceptors (Lipinski definition) is 5. The van der Waals surface area contributed by atoms with Gasteiger partial charge in [-0.25, -0.2) is 17.8 Å². The zero-order valence-corrected chi connectivity index (χ0v) is 19.7. The van der Waals surface area contributed by atoms with Gasteiger partial charge in [0.1, 0.15) is 0 Å². The van der Waals surface area contributed by atoms with E-state index in [2.05, 4.69) is 5.10 Å². The Hall–Kier alpha value is -3.99. The van der Waals surface area contributed by atoms with Gasteiger partial charge in [-0.2, -0.15) is 18.3 Å². The summed E-state index contributed by atoms with van der Waals surface area (Å²) in [7, 11) is -4.28. The Labute approximate surface area is 205 Å². The number of nitrogens with zero attached hydrogens (tertiary/aromatic N) is 2. The van der Waals surface area contributed by atoms with Gasteiger partial charge in [0.25, 0.3) is 15.9 Å². The van der Waals surface area contributed by atoms with E-state index in [0.29, 0.717) is 17.6 Å². The summed E-state index contributed by atoms with van der Waals surface area (Å²) < 4.78 is 68.6. The largest absolute Gasteiger partial charge is 0.435 e. The Kier molecular flexibility index (Phi) is 6.68. The number of Topliss-reactive ketones (excluding diaryl/α,β-unsaturated/α-hetero) is 1. The highest BCUT2D eigenvalue weighted by molar-refractivity contribution is 7.90. The van der Waals surface area contributed by atoms with Crippen LogP contribution in [0.25, 0.3) is 11.3 Å². The highest BCUT2D eigenvalue weighted by atomic mass is 32.2. The summed E-state index contributed by atoms with van der Waals surface area (Å²) in [6.45, 7) is 1.36. The summed E-state index contributed by atoms with van der Waals surface area (Å²) in [5.74, 6) is -1.09. The van der Waals surface area contributed by atoms with Crippen LogP contribution in [0.5, 0.6) is 0 Å². The van der Waals surface area contributed by atoms with Crippen molar-refractivity contribution in [2.24, 2.45) is 0 Å². The van der Waals surface area contributed by atoms with Crippen molar-refractivity contribution in [2.75, 3.05) is 0 Å². The molecule has 1 aromatic heterocycles. The van der Waals surface area contributed by atoms with Crippen LogP contribution in [0.3, 0.4) is 0 Å². The van der Waals surface area contributed by atoms with Gasteiger partial charge in [0.05, 0.1) is 16.3 Å².